The van der Waals surface area contributed by atoms with Crippen molar-refractivity contribution in [2.24, 2.45) is 0 Å². The zero-order valence-electron chi connectivity index (χ0n) is 9.19. The minimum Gasteiger partial charge on any atom is -0.508 e. The van der Waals surface area contributed by atoms with E-state index >= 15 is 0 Å². The fraction of sp³-hybridized carbons (Fsp3) is 0.143. The van der Waals surface area contributed by atoms with Gasteiger partial charge >= 0.3 is 0 Å². The average Bonchev–Trinajstić information content (AvgIpc) is 2.24. The van der Waals surface area contributed by atoms with Gasteiger partial charge in [-0.25, -0.2) is 0 Å². The van der Waals surface area contributed by atoms with Crippen LogP contribution in [0.25, 0.3) is 0 Å². The van der Waals surface area contributed by atoms with Gasteiger partial charge in [-0.3, -0.25) is 0 Å². The first-order valence-corrected chi connectivity index (χ1v) is 4.87. The predicted molar refractivity (Wildman–Crippen MR) is 67.8 cm³/mol. The van der Waals surface area contributed by atoms with Crippen LogP contribution in [0.2, 0.25) is 0 Å². The molecule has 0 aromatic rings. The van der Waals surface area contributed by atoms with Gasteiger partial charge in [0.1, 0.15) is 5.76 Å². The van der Waals surface area contributed by atoms with Crippen LogP contribution in [0.1, 0.15) is 13.3 Å². The van der Waals surface area contributed by atoms with Crippen molar-refractivity contribution >= 4 is 0 Å². The Morgan fingerprint density at radius 3 is 2.53 bits per heavy atom. The molecule has 15 heavy (non-hydrogen) atoms. The van der Waals surface area contributed by atoms with Crippen molar-refractivity contribution in [1.29, 1.82) is 0 Å². The van der Waals surface area contributed by atoms with Crippen LogP contribution in [-0.2, 0) is 0 Å². The zero-order valence-corrected chi connectivity index (χ0v) is 9.19. The van der Waals surface area contributed by atoms with Crippen molar-refractivity contribution in [3.05, 3.63) is 73.1 Å². The predicted octanol–water partition coefficient (Wildman–Crippen LogP) is 4.25. The van der Waals surface area contributed by atoms with E-state index in [-0.39, 0.29) is 5.76 Å². The molecule has 0 aromatic heterocycles. The molecule has 1 N–H and O–H groups in total. The summed E-state index contributed by atoms with van der Waals surface area (Å²) in [6, 6.07) is 0. The van der Waals surface area contributed by atoms with Gasteiger partial charge in [-0.15, -0.1) is 0 Å². The Morgan fingerprint density at radius 1 is 1.27 bits per heavy atom. The van der Waals surface area contributed by atoms with Gasteiger partial charge in [0.15, 0.2) is 0 Å². The van der Waals surface area contributed by atoms with Crippen molar-refractivity contribution in [1.82, 2.24) is 0 Å². The van der Waals surface area contributed by atoms with Crippen LogP contribution in [0.15, 0.2) is 73.1 Å². The maximum Gasteiger partial charge on any atom is 0.114 e. The van der Waals surface area contributed by atoms with Crippen LogP contribution in [0, 0.1) is 0 Å². The van der Waals surface area contributed by atoms with Gasteiger partial charge in [0.2, 0.25) is 0 Å². The highest BCUT2D eigenvalue weighted by atomic mass is 16.3. The fourth-order valence-corrected chi connectivity index (χ4v) is 0.996. The molecule has 0 rings (SSSR count). The lowest BCUT2D eigenvalue weighted by Gasteiger charge is -1.94. The second kappa shape index (κ2) is 8.82. The smallest absolute Gasteiger partial charge is 0.114 e. The molecule has 0 saturated carbocycles. The first-order chi connectivity index (χ1) is 7.24. The molecule has 0 bridgehead atoms. The third-order valence-electron chi connectivity index (χ3n) is 1.68. The summed E-state index contributed by atoms with van der Waals surface area (Å²) in [6.07, 6.45) is 15.3. The normalized spacial score (nSPS) is 13.7. The molecule has 0 aliphatic heterocycles. The lowest BCUT2D eigenvalue weighted by molar-refractivity contribution is 0.433. The molecule has 1 heteroatoms. The molecule has 0 amide bonds. The van der Waals surface area contributed by atoms with Crippen LogP contribution >= 0.6 is 0 Å². The van der Waals surface area contributed by atoms with E-state index in [0.29, 0.717) is 0 Å². The van der Waals surface area contributed by atoms with E-state index in [2.05, 4.69) is 13.2 Å². The quantitative estimate of drug-likeness (QED) is 0.504. The monoisotopic (exact) mass is 202 g/mol. The van der Waals surface area contributed by atoms with E-state index in [1.54, 1.807) is 18.2 Å². The Bertz CT molecular complexity index is 314. The molecule has 0 aliphatic rings. The third-order valence-corrected chi connectivity index (χ3v) is 1.68. The fourth-order valence-electron chi connectivity index (χ4n) is 0.996. The summed E-state index contributed by atoms with van der Waals surface area (Å²) < 4.78 is 0. The number of allylic oxidation sites excluding steroid dienone is 9. The highest BCUT2D eigenvalue weighted by Crippen LogP contribution is 2.05. The third kappa shape index (κ3) is 7.32. The average molecular weight is 202 g/mol. The van der Waals surface area contributed by atoms with E-state index < -0.39 is 0 Å². The Morgan fingerprint density at radius 2 is 2.00 bits per heavy atom. The summed E-state index contributed by atoms with van der Waals surface area (Å²) in [5, 5.41) is 9.08. The van der Waals surface area contributed by atoms with Crippen molar-refractivity contribution in [3.63, 3.8) is 0 Å². The van der Waals surface area contributed by atoms with Gasteiger partial charge in [0.05, 0.1) is 0 Å². The highest BCUT2D eigenvalue weighted by Gasteiger charge is 1.85. The molecular formula is C14H18O. The molecule has 0 spiro atoms. The van der Waals surface area contributed by atoms with Crippen molar-refractivity contribution < 1.29 is 5.11 Å². The molecule has 0 aromatic carbocycles. The van der Waals surface area contributed by atoms with Gasteiger partial charge in [0, 0.05) is 0 Å². The van der Waals surface area contributed by atoms with Gasteiger partial charge < -0.3 is 5.11 Å². The van der Waals surface area contributed by atoms with Crippen LogP contribution in [0.3, 0.4) is 0 Å². The Kier molecular flexibility index (Phi) is 7.79. The summed E-state index contributed by atoms with van der Waals surface area (Å²) in [5.41, 5.74) is 1.18. The van der Waals surface area contributed by atoms with Crippen molar-refractivity contribution in [3.8, 4) is 0 Å². The van der Waals surface area contributed by atoms with E-state index in [0.717, 1.165) is 6.42 Å². The molecule has 1 nitrogen and oxygen atoms in total. The van der Waals surface area contributed by atoms with Crippen LogP contribution in [-0.4, -0.2) is 5.11 Å². The number of hydrogen-bond donors (Lipinski definition) is 1. The molecule has 0 radical (unpaired) electrons. The second-order valence-electron chi connectivity index (χ2n) is 2.91. The Labute approximate surface area is 92.1 Å². The minimum absolute atomic E-state index is 0.173. The first kappa shape index (κ1) is 13.2. The summed E-state index contributed by atoms with van der Waals surface area (Å²) in [6.45, 7) is 9.07. The number of hydrogen-bond acceptors (Lipinski definition) is 1. The maximum atomic E-state index is 9.08. The van der Waals surface area contributed by atoms with Gasteiger partial charge in [-0.1, -0.05) is 49.6 Å². The van der Waals surface area contributed by atoms with E-state index in [4.69, 9.17) is 5.11 Å². The van der Waals surface area contributed by atoms with E-state index in [1.807, 2.05) is 31.2 Å². The molecule has 0 atom stereocenters. The van der Waals surface area contributed by atoms with Gasteiger partial charge in [0.25, 0.3) is 0 Å². The molecule has 0 fully saturated rings. The van der Waals surface area contributed by atoms with Crippen molar-refractivity contribution in [2.75, 3.05) is 0 Å². The summed E-state index contributed by atoms with van der Waals surface area (Å²) in [7, 11) is 0. The Balaban J connectivity index is 4.28. The van der Waals surface area contributed by atoms with Gasteiger partial charge in [-0.2, -0.15) is 0 Å². The summed E-state index contributed by atoms with van der Waals surface area (Å²) in [5.74, 6) is 0.173. The SMILES string of the molecule is C=C/C=C(\C=C/C)C/C=C\C=C(\O)C=C. The molecule has 0 aliphatic carbocycles. The number of aliphatic hydroxyl groups excluding tert-OH is 1. The van der Waals surface area contributed by atoms with E-state index in [9.17, 15) is 0 Å². The topological polar surface area (TPSA) is 20.2 Å². The largest absolute Gasteiger partial charge is 0.508 e. The Hall–Kier alpha value is -1.76. The molecule has 80 valence electrons. The second-order valence-corrected chi connectivity index (χ2v) is 2.91. The van der Waals surface area contributed by atoms with Crippen LogP contribution < -0.4 is 0 Å². The lowest BCUT2D eigenvalue weighted by Crippen LogP contribution is -1.74. The molecular weight excluding hydrogens is 184 g/mol. The maximum absolute atomic E-state index is 9.08. The molecule has 0 unspecified atom stereocenters. The minimum atomic E-state index is 0.173. The number of aliphatic hydroxyl groups is 1. The van der Waals surface area contributed by atoms with Crippen LogP contribution in [0.5, 0.6) is 0 Å². The zero-order chi connectivity index (χ0) is 11.5. The molecule has 0 heterocycles. The lowest BCUT2D eigenvalue weighted by atomic mass is 10.1. The first-order valence-electron chi connectivity index (χ1n) is 4.87. The number of rotatable bonds is 6. The molecule has 0 saturated heterocycles. The standard InChI is InChI=1S/C14H18O/c1-4-9-13(10-5-2)11-7-8-12-14(15)6-3/h4-10,12,15H,1,3,11H2,2H3/b8-7-,10-5-,13-9+,14-12+. The van der Waals surface area contributed by atoms with Crippen LogP contribution in [0.4, 0.5) is 0 Å². The highest BCUT2D eigenvalue weighted by molar-refractivity contribution is 5.26. The summed E-state index contributed by atoms with van der Waals surface area (Å²) >= 11 is 0. The van der Waals surface area contributed by atoms with E-state index in [1.165, 1.54) is 11.6 Å². The van der Waals surface area contributed by atoms with Crippen molar-refractivity contribution in [2.45, 2.75) is 13.3 Å². The summed E-state index contributed by atoms with van der Waals surface area (Å²) in [4.78, 5) is 0. The van der Waals surface area contributed by atoms with Gasteiger partial charge in [-0.05, 0) is 31.1 Å².